The number of hydrogen-bond acceptors (Lipinski definition) is 7. The van der Waals surface area contributed by atoms with Gasteiger partial charge in [0.2, 0.25) is 0 Å². The Morgan fingerprint density at radius 2 is 2.10 bits per heavy atom. The van der Waals surface area contributed by atoms with Crippen molar-refractivity contribution in [1.82, 2.24) is 4.90 Å². The molecule has 2 aliphatic rings. The van der Waals surface area contributed by atoms with Gasteiger partial charge in [-0.25, -0.2) is 4.79 Å². The molecule has 0 saturated carbocycles. The topological polar surface area (TPSA) is 147 Å². The van der Waals surface area contributed by atoms with E-state index < -0.39 is 23.3 Å². The Balaban J connectivity index is 2.24. The summed E-state index contributed by atoms with van der Waals surface area (Å²) in [7, 11) is 0. The van der Waals surface area contributed by atoms with Crippen LogP contribution >= 0.6 is 0 Å². The summed E-state index contributed by atoms with van der Waals surface area (Å²) >= 11 is 0. The average Bonchev–Trinajstić information content (AvgIpc) is 2.73. The number of carbonyl (C=O) groups excluding carboxylic acids is 1. The van der Waals surface area contributed by atoms with Crippen LogP contribution < -0.4 is 5.73 Å². The number of ether oxygens (including phenoxy) is 1. The quantitative estimate of drug-likeness (QED) is 0.788. The number of carbonyl (C=O) groups is 1. The standard InChI is InChI=1S/C21H19N5O3/c1-2-29-20(28)26-7-6-15-16(9-22)19(25)21(11-23,12-24)18(17(15)10-26)13-4-3-5-14(27)8-13/h3-6,8,17-18,27H,2,7,10,25H2,1H3/t17-,18-/m0/s1. The predicted octanol–water partition coefficient (Wildman–Crippen LogP) is 2.27. The van der Waals surface area contributed by atoms with E-state index in [0.717, 1.165) is 0 Å². The van der Waals surface area contributed by atoms with Crippen molar-refractivity contribution in [2.45, 2.75) is 12.8 Å². The van der Waals surface area contributed by atoms with Gasteiger partial charge in [-0.3, -0.25) is 0 Å². The van der Waals surface area contributed by atoms with Crippen molar-refractivity contribution < 1.29 is 14.6 Å². The van der Waals surface area contributed by atoms with Crippen LogP contribution in [0, 0.1) is 45.3 Å². The molecular formula is C21H19N5O3. The van der Waals surface area contributed by atoms with Gasteiger partial charge in [-0.15, -0.1) is 0 Å². The Labute approximate surface area is 168 Å². The van der Waals surface area contributed by atoms with E-state index in [-0.39, 0.29) is 36.7 Å². The molecule has 1 amide bonds. The van der Waals surface area contributed by atoms with Crippen LogP contribution in [0.4, 0.5) is 4.79 Å². The molecule has 1 heterocycles. The highest BCUT2D eigenvalue weighted by Gasteiger charge is 2.54. The number of fused-ring (bicyclic) bond motifs is 1. The molecule has 1 aliphatic heterocycles. The number of rotatable bonds is 2. The van der Waals surface area contributed by atoms with Gasteiger partial charge in [-0.1, -0.05) is 18.2 Å². The zero-order chi connectivity index (χ0) is 21.2. The van der Waals surface area contributed by atoms with Gasteiger partial charge in [-0.2, -0.15) is 15.8 Å². The first-order valence-electron chi connectivity index (χ1n) is 9.07. The molecule has 0 radical (unpaired) electrons. The predicted molar refractivity (Wildman–Crippen MR) is 102 cm³/mol. The van der Waals surface area contributed by atoms with Crippen molar-refractivity contribution in [3.05, 3.63) is 52.7 Å². The van der Waals surface area contributed by atoms with E-state index in [2.05, 4.69) is 0 Å². The van der Waals surface area contributed by atoms with Crippen LogP contribution in [0.15, 0.2) is 47.2 Å². The van der Waals surface area contributed by atoms with Crippen LogP contribution in [-0.4, -0.2) is 35.8 Å². The van der Waals surface area contributed by atoms with Crippen molar-refractivity contribution in [3.8, 4) is 24.0 Å². The second kappa shape index (κ2) is 7.58. The van der Waals surface area contributed by atoms with Crippen molar-refractivity contribution in [2.75, 3.05) is 19.7 Å². The van der Waals surface area contributed by atoms with E-state index in [1.165, 1.54) is 17.0 Å². The fraction of sp³-hybridized carbons (Fsp3) is 0.333. The third kappa shape index (κ3) is 3.03. The monoisotopic (exact) mass is 389 g/mol. The van der Waals surface area contributed by atoms with E-state index in [4.69, 9.17) is 10.5 Å². The molecule has 0 saturated heterocycles. The van der Waals surface area contributed by atoms with E-state index in [0.29, 0.717) is 11.1 Å². The summed E-state index contributed by atoms with van der Waals surface area (Å²) in [4.78, 5) is 13.8. The van der Waals surface area contributed by atoms with Crippen LogP contribution in [0.1, 0.15) is 18.4 Å². The lowest BCUT2D eigenvalue weighted by molar-refractivity contribution is 0.0999. The number of nitrogens with two attached hydrogens (primary N) is 1. The third-order valence-electron chi connectivity index (χ3n) is 5.42. The zero-order valence-electron chi connectivity index (χ0n) is 15.8. The lowest BCUT2D eigenvalue weighted by Crippen LogP contribution is -2.49. The Morgan fingerprint density at radius 1 is 1.38 bits per heavy atom. The smallest absolute Gasteiger partial charge is 0.410 e. The van der Waals surface area contributed by atoms with Gasteiger partial charge in [0.05, 0.1) is 30.0 Å². The molecule has 1 aromatic rings. The van der Waals surface area contributed by atoms with Gasteiger partial charge in [0.25, 0.3) is 0 Å². The van der Waals surface area contributed by atoms with Gasteiger partial charge < -0.3 is 20.5 Å². The molecule has 146 valence electrons. The third-order valence-corrected chi connectivity index (χ3v) is 5.42. The highest BCUT2D eigenvalue weighted by Crippen LogP contribution is 2.54. The number of hydrogen-bond donors (Lipinski definition) is 2. The number of nitrogens with zero attached hydrogens (tertiary/aromatic N) is 4. The maximum Gasteiger partial charge on any atom is 0.410 e. The van der Waals surface area contributed by atoms with Gasteiger partial charge in [0.15, 0.2) is 5.41 Å². The molecule has 29 heavy (non-hydrogen) atoms. The number of aromatic hydroxyl groups is 1. The molecule has 3 rings (SSSR count). The second-order valence-corrected chi connectivity index (χ2v) is 6.87. The van der Waals surface area contributed by atoms with Crippen LogP contribution in [-0.2, 0) is 4.74 Å². The van der Waals surface area contributed by atoms with Crippen LogP contribution in [0.3, 0.4) is 0 Å². The van der Waals surface area contributed by atoms with Gasteiger partial charge >= 0.3 is 6.09 Å². The summed E-state index contributed by atoms with van der Waals surface area (Å²) in [5, 5.41) is 39.6. The lowest BCUT2D eigenvalue weighted by atomic mass is 9.58. The van der Waals surface area contributed by atoms with E-state index in [1.54, 1.807) is 25.1 Å². The van der Waals surface area contributed by atoms with Gasteiger partial charge in [-0.05, 0) is 30.2 Å². The molecule has 0 bridgehead atoms. The summed E-state index contributed by atoms with van der Waals surface area (Å²) < 4.78 is 5.09. The maximum absolute atomic E-state index is 12.3. The molecule has 0 spiro atoms. The molecule has 2 atom stereocenters. The van der Waals surface area contributed by atoms with Crippen LogP contribution in [0.25, 0.3) is 0 Å². The molecule has 0 aromatic heterocycles. The summed E-state index contributed by atoms with van der Waals surface area (Å²) in [6.07, 6.45) is 1.20. The Bertz CT molecular complexity index is 1020. The van der Waals surface area contributed by atoms with E-state index >= 15 is 0 Å². The SMILES string of the molecule is CCOC(=O)N1CC=C2C(C#N)=C(N)C(C#N)(C#N)[C@@H](c3cccc(O)c3)[C@H]2C1. The first-order chi connectivity index (χ1) is 13.9. The van der Waals surface area contributed by atoms with Crippen LogP contribution in [0.5, 0.6) is 5.75 Å². The molecule has 0 unspecified atom stereocenters. The molecule has 8 heteroatoms. The molecular weight excluding hydrogens is 370 g/mol. The number of benzene rings is 1. The highest BCUT2D eigenvalue weighted by molar-refractivity contribution is 5.69. The largest absolute Gasteiger partial charge is 0.508 e. The number of phenols is 1. The fourth-order valence-corrected chi connectivity index (χ4v) is 4.14. The second-order valence-electron chi connectivity index (χ2n) is 6.87. The summed E-state index contributed by atoms with van der Waals surface area (Å²) in [5.74, 6) is -1.36. The lowest BCUT2D eigenvalue weighted by Gasteiger charge is -2.45. The van der Waals surface area contributed by atoms with Crippen molar-refractivity contribution in [3.63, 3.8) is 0 Å². The Hall–Kier alpha value is -3.96. The minimum absolute atomic E-state index is 0.0236. The summed E-state index contributed by atoms with van der Waals surface area (Å²) in [5.41, 5.74) is 5.50. The van der Waals surface area contributed by atoms with Gasteiger partial charge in [0.1, 0.15) is 11.8 Å². The normalized spacial score (nSPS) is 22.4. The number of nitriles is 3. The number of amides is 1. The highest BCUT2D eigenvalue weighted by atomic mass is 16.6. The average molecular weight is 389 g/mol. The number of allylic oxidation sites excluding steroid dienone is 2. The minimum atomic E-state index is -1.82. The molecule has 3 N–H and O–H groups in total. The van der Waals surface area contributed by atoms with E-state index in [1.807, 2.05) is 18.2 Å². The molecule has 8 nitrogen and oxygen atoms in total. The fourth-order valence-electron chi connectivity index (χ4n) is 4.14. The first-order valence-corrected chi connectivity index (χ1v) is 9.07. The molecule has 0 fully saturated rings. The summed E-state index contributed by atoms with van der Waals surface area (Å²) in [6.45, 7) is 2.28. The first kappa shape index (κ1) is 19.8. The van der Waals surface area contributed by atoms with Crippen molar-refractivity contribution >= 4 is 6.09 Å². The summed E-state index contributed by atoms with van der Waals surface area (Å²) in [6, 6.07) is 12.3. The molecule has 1 aromatic carbocycles. The maximum atomic E-state index is 12.3. The van der Waals surface area contributed by atoms with Crippen LogP contribution in [0.2, 0.25) is 0 Å². The molecule has 1 aliphatic carbocycles. The minimum Gasteiger partial charge on any atom is -0.508 e. The van der Waals surface area contributed by atoms with Gasteiger partial charge in [0, 0.05) is 24.9 Å². The Morgan fingerprint density at radius 3 is 2.69 bits per heavy atom. The Kier molecular flexibility index (Phi) is 5.17. The zero-order valence-corrected chi connectivity index (χ0v) is 15.8. The van der Waals surface area contributed by atoms with Crippen molar-refractivity contribution in [1.29, 1.82) is 15.8 Å². The van der Waals surface area contributed by atoms with E-state index in [9.17, 15) is 25.7 Å². The number of phenolic OH excluding ortho intramolecular Hbond substituents is 1. The van der Waals surface area contributed by atoms with Crippen molar-refractivity contribution in [2.24, 2.45) is 17.1 Å².